The number of nitrogens with one attached hydrogen (secondary N) is 4. The molecule has 0 aliphatic carbocycles. The van der Waals surface area contributed by atoms with Gasteiger partial charge in [-0.15, -0.1) is 0 Å². The maximum absolute atomic E-state index is 14.4. The first kappa shape index (κ1) is 57.9. The molecule has 0 bridgehead atoms. The molecule has 10 atom stereocenters. The van der Waals surface area contributed by atoms with Crippen molar-refractivity contribution in [3.8, 4) is 0 Å². The van der Waals surface area contributed by atoms with Crippen molar-refractivity contribution < 1.29 is 19.2 Å². The molecule has 0 saturated carbocycles. The average Bonchev–Trinajstić information content (AvgIpc) is 3.12. The summed E-state index contributed by atoms with van der Waals surface area (Å²) >= 11 is 0. The van der Waals surface area contributed by atoms with E-state index in [2.05, 4.69) is 160 Å². The highest BCUT2D eigenvalue weighted by Gasteiger charge is 2.38. The zero-order valence-corrected chi connectivity index (χ0v) is 43.3. The maximum Gasteiger partial charge on any atom is 0.224 e. The van der Waals surface area contributed by atoms with Gasteiger partial charge in [-0.2, -0.15) is 0 Å². The van der Waals surface area contributed by atoms with E-state index in [4.69, 9.17) is 0 Å². The first-order valence-electron chi connectivity index (χ1n) is 24.5. The van der Waals surface area contributed by atoms with Crippen LogP contribution in [0.2, 0.25) is 0 Å². The molecule has 0 fully saturated rings. The van der Waals surface area contributed by atoms with E-state index in [-0.39, 0.29) is 81.8 Å². The fourth-order valence-electron chi connectivity index (χ4n) is 9.57. The van der Waals surface area contributed by atoms with Crippen molar-refractivity contribution in [2.45, 2.75) is 203 Å². The minimum Gasteiger partial charge on any atom is -0.356 e. The highest BCUT2D eigenvalue weighted by atomic mass is 16.2. The normalized spacial score (nSPS) is 17.9. The average molecular weight is 847 g/mol. The molecule has 0 heterocycles. The Balaban J connectivity index is 6.64. The third-order valence-electron chi connectivity index (χ3n) is 14.1. The Labute approximate surface area is 372 Å². The molecule has 8 heteroatoms. The smallest absolute Gasteiger partial charge is 0.224 e. The van der Waals surface area contributed by atoms with E-state index in [9.17, 15) is 19.2 Å². The molecule has 60 heavy (non-hydrogen) atoms. The molecule has 10 unspecified atom stereocenters. The van der Waals surface area contributed by atoms with Gasteiger partial charge in [0.25, 0.3) is 0 Å². The molecule has 0 aromatic carbocycles. The highest BCUT2D eigenvalue weighted by molar-refractivity contribution is 5.93. The molecule has 0 radical (unpaired) electrons. The predicted octanol–water partition coefficient (Wildman–Crippen LogP) is 11.9. The molecule has 0 rings (SSSR count). The van der Waals surface area contributed by atoms with Crippen molar-refractivity contribution in [1.29, 1.82) is 0 Å². The Bertz CT molecular complexity index is 1160. The lowest BCUT2D eigenvalue weighted by molar-refractivity contribution is -0.140. The first-order chi connectivity index (χ1) is 27.4. The van der Waals surface area contributed by atoms with Crippen LogP contribution in [0.1, 0.15) is 203 Å². The van der Waals surface area contributed by atoms with Crippen LogP contribution >= 0.6 is 0 Å². The summed E-state index contributed by atoms with van der Waals surface area (Å²) in [4.78, 5) is 56.6. The van der Waals surface area contributed by atoms with Crippen molar-refractivity contribution in [2.75, 3.05) is 26.2 Å². The van der Waals surface area contributed by atoms with Crippen molar-refractivity contribution >= 4 is 23.6 Å². The van der Waals surface area contributed by atoms with Crippen molar-refractivity contribution in [2.24, 2.45) is 80.8 Å². The summed E-state index contributed by atoms with van der Waals surface area (Å²) in [5.41, 5.74) is 0.632. The number of amides is 4. The van der Waals surface area contributed by atoms with Crippen LogP contribution in [0, 0.1) is 80.8 Å². The SMILES string of the molecule is CCC(CC(C)CNC(=O)CC(C(=O)NCC(C)CC(CC)C(C)(C)C)C(CC(=O)NCC(C)CC(CC)C(C)(C)C)C(=O)NCC(C)CC(CC)C(C)(C)C)C(C)(C)C. The van der Waals surface area contributed by atoms with Gasteiger partial charge in [-0.25, -0.2) is 0 Å². The Kier molecular flexibility index (Phi) is 25.6. The molecular weight excluding hydrogens is 745 g/mol. The van der Waals surface area contributed by atoms with Gasteiger partial charge in [-0.05, 0) is 94.7 Å². The lowest BCUT2D eigenvalue weighted by Crippen LogP contribution is -2.48. The van der Waals surface area contributed by atoms with E-state index in [0.717, 1.165) is 51.4 Å². The van der Waals surface area contributed by atoms with Gasteiger partial charge < -0.3 is 21.3 Å². The van der Waals surface area contributed by atoms with Gasteiger partial charge in [0, 0.05) is 39.0 Å². The number of hydrogen-bond donors (Lipinski definition) is 4. The summed E-state index contributed by atoms with van der Waals surface area (Å²) in [6, 6.07) is 0. The van der Waals surface area contributed by atoms with Crippen LogP contribution in [0.3, 0.4) is 0 Å². The molecule has 4 N–H and O–H groups in total. The summed E-state index contributed by atoms with van der Waals surface area (Å²) < 4.78 is 0. The predicted molar refractivity (Wildman–Crippen MR) is 256 cm³/mol. The number of carbonyl (C=O) groups is 4. The van der Waals surface area contributed by atoms with Gasteiger partial charge in [0.2, 0.25) is 23.6 Å². The summed E-state index contributed by atoms with van der Waals surface area (Å²) in [7, 11) is 0. The van der Waals surface area contributed by atoms with Crippen molar-refractivity contribution in [3.63, 3.8) is 0 Å². The van der Waals surface area contributed by atoms with E-state index in [0.29, 0.717) is 49.9 Å². The number of carbonyl (C=O) groups excluding carboxylic acids is 4. The number of rotatable bonds is 27. The van der Waals surface area contributed by atoms with Crippen LogP contribution in [0.5, 0.6) is 0 Å². The fraction of sp³-hybridized carbons (Fsp3) is 0.923. The van der Waals surface area contributed by atoms with E-state index in [1.165, 1.54) is 0 Å². The second kappa shape index (κ2) is 26.5. The van der Waals surface area contributed by atoms with Gasteiger partial charge in [0.05, 0.1) is 11.8 Å². The largest absolute Gasteiger partial charge is 0.356 e. The lowest BCUT2D eigenvalue weighted by Gasteiger charge is -2.33. The second-order valence-corrected chi connectivity index (χ2v) is 24.0. The Morgan fingerprint density at radius 1 is 0.367 bits per heavy atom. The molecular formula is C52H102N4O4. The first-order valence-corrected chi connectivity index (χ1v) is 24.5. The Morgan fingerprint density at radius 2 is 0.567 bits per heavy atom. The second-order valence-electron chi connectivity index (χ2n) is 24.0. The molecule has 354 valence electrons. The third-order valence-corrected chi connectivity index (χ3v) is 14.1. The zero-order valence-electron chi connectivity index (χ0n) is 43.3. The molecule has 4 amide bonds. The quantitative estimate of drug-likeness (QED) is 0.0659. The van der Waals surface area contributed by atoms with Gasteiger partial charge >= 0.3 is 0 Å². The van der Waals surface area contributed by atoms with Crippen molar-refractivity contribution in [1.82, 2.24) is 21.3 Å². The molecule has 0 spiro atoms. The van der Waals surface area contributed by atoms with Crippen molar-refractivity contribution in [3.05, 3.63) is 0 Å². The molecule has 0 aliphatic rings. The van der Waals surface area contributed by atoms with E-state index in [1.54, 1.807) is 0 Å². The molecule has 0 aliphatic heterocycles. The van der Waals surface area contributed by atoms with Crippen LogP contribution in [0.25, 0.3) is 0 Å². The minimum atomic E-state index is -1.00. The summed E-state index contributed by atoms with van der Waals surface area (Å²) in [6.07, 6.45) is 7.81. The maximum atomic E-state index is 14.4. The molecule has 0 aromatic rings. The van der Waals surface area contributed by atoms with Crippen LogP contribution < -0.4 is 21.3 Å². The van der Waals surface area contributed by atoms with Crippen LogP contribution in [-0.4, -0.2) is 49.8 Å². The Morgan fingerprint density at radius 3 is 0.750 bits per heavy atom. The molecule has 0 saturated heterocycles. The third kappa shape index (κ3) is 22.8. The van der Waals surface area contributed by atoms with Crippen LogP contribution in [-0.2, 0) is 19.2 Å². The van der Waals surface area contributed by atoms with E-state index < -0.39 is 11.8 Å². The minimum absolute atomic E-state index is 0.147. The lowest BCUT2D eigenvalue weighted by atomic mass is 9.74. The summed E-state index contributed by atoms with van der Waals surface area (Å²) in [6.45, 7) is 46.6. The standard InChI is InChI=1S/C52H102N4O4/c1-21-39(49(9,10)11)25-35(5)31-53-45(57)29-43(47(59)55-33-37(7)27-41(23-3)51(15,16)17)44(48(60)56-34-38(8)28-42(24-4)52(18,19)20)30-46(58)54-32-36(6)26-40(22-2)50(12,13)14/h35-44H,21-34H2,1-20H3,(H,53,57)(H,54,58)(H,55,59)(H,56,60). The van der Waals surface area contributed by atoms with Gasteiger partial charge in [-0.3, -0.25) is 19.2 Å². The topological polar surface area (TPSA) is 116 Å². The summed E-state index contributed by atoms with van der Waals surface area (Å²) in [5, 5.41) is 12.6. The molecule has 8 nitrogen and oxygen atoms in total. The number of hydrogen-bond acceptors (Lipinski definition) is 4. The van der Waals surface area contributed by atoms with E-state index in [1.807, 2.05) is 0 Å². The van der Waals surface area contributed by atoms with Gasteiger partial charge in [-0.1, -0.05) is 164 Å². The Hall–Kier alpha value is -2.12. The van der Waals surface area contributed by atoms with Crippen LogP contribution in [0.15, 0.2) is 0 Å². The zero-order chi connectivity index (χ0) is 46.8. The highest BCUT2D eigenvalue weighted by Crippen LogP contribution is 2.36. The van der Waals surface area contributed by atoms with Crippen LogP contribution in [0.4, 0.5) is 0 Å². The summed E-state index contributed by atoms with van der Waals surface area (Å²) in [5.74, 6) is -0.276. The van der Waals surface area contributed by atoms with E-state index >= 15 is 0 Å². The fourth-order valence-corrected chi connectivity index (χ4v) is 9.57. The van der Waals surface area contributed by atoms with Gasteiger partial charge in [0.15, 0.2) is 0 Å². The molecule has 0 aromatic heterocycles. The monoisotopic (exact) mass is 847 g/mol. The van der Waals surface area contributed by atoms with Gasteiger partial charge in [0.1, 0.15) is 0 Å².